The minimum Gasteiger partial charge on any atom is -0.507 e. The number of aromatic hydroxyl groups is 1. The molecule has 0 spiro atoms. The van der Waals surface area contributed by atoms with Gasteiger partial charge in [-0.1, -0.05) is 53.7 Å². The molecule has 7 heteroatoms. The van der Waals surface area contributed by atoms with Crippen molar-refractivity contribution in [1.29, 1.82) is 0 Å². The normalized spacial score (nSPS) is 13.1. The summed E-state index contributed by atoms with van der Waals surface area (Å²) < 4.78 is 10.7. The zero-order valence-corrected chi connectivity index (χ0v) is 22.6. The van der Waals surface area contributed by atoms with E-state index in [2.05, 4.69) is 59.0 Å². The van der Waals surface area contributed by atoms with Crippen LogP contribution in [0.15, 0.2) is 24.3 Å². The first-order chi connectivity index (χ1) is 16.3. The molecule has 0 saturated carbocycles. The van der Waals surface area contributed by atoms with Crippen LogP contribution in [0.2, 0.25) is 0 Å². The van der Waals surface area contributed by atoms with Gasteiger partial charge in [0.15, 0.2) is 17.3 Å². The number of Topliss-reactive ketones (excluding diaryl/α,β-unsaturated/α-hetero) is 1. The van der Waals surface area contributed by atoms with Crippen LogP contribution in [-0.2, 0) is 22.0 Å². The fourth-order valence-electron chi connectivity index (χ4n) is 4.05. The molecular weight excluding hydrogens is 462 g/mol. The van der Waals surface area contributed by atoms with Crippen molar-refractivity contribution in [2.24, 2.45) is 0 Å². The van der Waals surface area contributed by atoms with Crippen molar-refractivity contribution in [3.05, 3.63) is 46.5 Å². The molecule has 0 unspecified atom stereocenters. The number of ether oxygens (including phenoxy) is 2. The molecule has 1 amide bonds. The Balaban J connectivity index is 1.57. The van der Waals surface area contributed by atoms with E-state index < -0.39 is 0 Å². The van der Waals surface area contributed by atoms with Gasteiger partial charge in [-0.05, 0) is 59.1 Å². The molecule has 2 N–H and O–H groups in total. The van der Waals surface area contributed by atoms with Gasteiger partial charge in [0.25, 0.3) is 0 Å². The summed E-state index contributed by atoms with van der Waals surface area (Å²) in [5.41, 5.74) is 3.69. The third-order valence-corrected chi connectivity index (χ3v) is 6.98. The van der Waals surface area contributed by atoms with Crippen molar-refractivity contribution in [2.75, 3.05) is 23.6 Å². The van der Waals surface area contributed by atoms with Gasteiger partial charge in [0.2, 0.25) is 12.7 Å². The summed E-state index contributed by atoms with van der Waals surface area (Å²) in [7, 11) is 0. The molecule has 2 aromatic rings. The second-order valence-electron chi connectivity index (χ2n) is 11.1. The molecule has 3 rings (SSSR count). The Bertz CT molecular complexity index is 1080. The van der Waals surface area contributed by atoms with Crippen molar-refractivity contribution < 1.29 is 24.2 Å². The quantitative estimate of drug-likeness (QED) is 0.331. The summed E-state index contributed by atoms with van der Waals surface area (Å²) in [6.07, 6.45) is 1.79. The van der Waals surface area contributed by atoms with Gasteiger partial charge in [-0.2, -0.15) is 11.8 Å². The number of ketones is 1. The standard InChI is InChI=1S/C28H37NO5S/c1-17(30)19-13-23-24(34-16-33-23)14-22(19)29-25(31)15-35-10-8-9-18-11-20(27(2,3)4)26(32)21(12-18)28(5,6)7/h11-14,32H,8-10,15-16H2,1-7H3,(H,29,31). The molecule has 0 atom stereocenters. The highest BCUT2D eigenvalue weighted by Gasteiger charge is 2.26. The first-order valence-electron chi connectivity index (χ1n) is 12.0. The molecule has 0 bridgehead atoms. The number of rotatable bonds is 8. The van der Waals surface area contributed by atoms with Gasteiger partial charge in [-0.15, -0.1) is 0 Å². The third-order valence-electron chi connectivity index (χ3n) is 5.94. The van der Waals surface area contributed by atoms with Gasteiger partial charge in [-0.25, -0.2) is 0 Å². The maximum Gasteiger partial charge on any atom is 0.234 e. The van der Waals surface area contributed by atoms with Crippen molar-refractivity contribution in [2.45, 2.75) is 72.1 Å². The number of carbonyl (C=O) groups is 2. The fourth-order valence-corrected chi connectivity index (χ4v) is 4.80. The number of carbonyl (C=O) groups excluding carboxylic acids is 2. The van der Waals surface area contributed by atoms with Crippen LogP contribution in [0.3, 0.4) is 0 Å². The van der Waals surface area contributed by atoms with E-state index in [0.29, 0.717) is 34.3 Å². The van der Waals surface area contributed by atoms with Crippen LogP contribution >= 0.6 is 11.8 Å². The van der Waals surface area contributed by atoms with Gasteiger partial charge < -0.3 is 19.9 Å². The first-order valence-corrected chi connectivity index (χ1v) is 13.1. The van der Waals surface area contributed by atoms with Crippen molar-refractivity contribution in [3.63, 3.8) is 0 Å². The Morgan fingerprint density at radius 1 is 0.971 bits per heavy atom. The number of hydrogen-bond donors (Lipinski definition) is 2. The predicted molar refractivity (Wildman–Crippen MR) is 142 cm³/mol. The lowest BCUT2D eigenvalue weighted by molar-refractivity contribution is -0.113. The van der Waals surface area contributed by atoms with E-state index in [1.807, 2.05) is 0 Å². The van der Waals surface area contributed by atoms with E-state index in [4.69, 9.17) is 9.47 Å². The van der Waals surface area contributed by atoms with Gasteiger partial charge in [0.05, 0.1) is 11.4 Å². The molecule has 0 aliphatic carbocycles. The molecule has 190 valence electrons. The van der Waals surface area contributed by atoms with Crippen LogP contribution in [-0.4, -0.2) is 35.1 Å². The van der Waals surface area contributed by atoms with Crippen LogP contribution in [0.25, 0.3) is 0 Å². The van der Waals surface area contributed by atoms with Crippen LogP contribution in [0.1, 0.15) is 81.9 Å². The van der Waals surface area contributed by atoms with E-state index in [1.165, 1.54) is 12.5 Å². The van der Waals surface area contributed by atoms with Crippen molar-refractivity contribution in [1.82, 2.24) is 0 Å². The molecule has 1 aliphatic rings. The number of aryl methyl sites for hydroxylation is 1. The van der Waals surface area contributed by atoms with E-state index in [1.54, 1.807) is 23.9 Å². The molecule has 0 fully saturated rings. The number of hydrogen-bond acceptors (Lipinski definition) is 6. The molecule has 0 radical (unpaired) electrons. The highest BCUT2D eigenvalue weighted by atomic mass is 32.2. The van der Waals surface area contributed by atoms with Crippen LogP contribution in [0.5, 0.6) is 17.2 Å². The lowest BCUT2D eigenvalue weighted by atomic mass is 9.78. The highest BCUT2D eigenvalue weighted by molar-refractivity contribution is 7.99. The Kier molecular flexibility index (Phi) is 8.10. The molecule has 35 heavy (non-hydrogen) atoms. The van der Waals surface area contributed by atoms with Gasteiger partial charge in [-0.3, -0.25) is 9.59 Å². The fraction of sp³-hybridized carbons (Fsp3) is 0.500. The summed E-state index contributed by atoms with van der Waals surface area (Å²) in [6.45, 7) is 14.3. The number of benzene rings is 2. The number of fused-ring (bicyclic) bond motifs is 1. The number of phenolic OH excluding ortho intramolecular Hbond substituents is 1. The van der Waals surface area contributed by atoms with E-state index in [9.17, 15) is 14.7 Å². The molecule has 1 aliphatic heterocycles. The SMILES string of the molecule is CC(=O)c1cc2c(cc1NC(=O)CSCCCc1cc(C(C)(C)C)c(O)c(C(C)(C)C)c1)OCO2. The molecule has 2 aromatic carbocycles. The monoisotopic (exact) mass is 499 g/mol. The van der Waals surface area contributed by atoms with E-state index >= 15 is 0 Å². The largest absolute Gasteiger partial charge is 0.507 e. The molecule has 0 saturated heterocycles. The zero-order valence-electron chi connectivity index (χ0n) is 21.8. The average Bonchev–Trinajstić information content (AvgIpc) is 3.19. The topological polar surface area (TPSA) is 84.9 Å². The Hall–Kier alpha value is -2.67. The lowest BCUT2D eigenvalue weighted by Crippen LogP contribution is -2.18. The average molecular weight is 500 g/mol. The highest BCUT2D eigenvalue weighted by Crippen LogP contribution is 2.40. The first kappa shape index (κ1) is 26.9. The number of anilines is 1. The summed E-state index contributed by atoms with van der Waals surface area (Å²) >= 11 is 1.56. The lowest BCUT2D eigenvalue weighted by Gasteiger charge is -2.28. The minimum atomic E-state index is -0.161. The summed E-state index contributed by atoms with van der Waals surface area (Å²) in [5, 5.41) is 13.7. The van der Waals surface area contributed by atoms with Crippen molar-refractivity contribution in [3.8, 4) is 17.2 Å². The van der Waals surface area contributed by atoms with E-state index in [-0.39, 0.29) is 29.3 Å². The molecule has 6 nitrogen and oxygen atoms in total. The predicted octanol–water partition coefficient (Wildman–Crippen LogP) is 6.22. The van der Waals surface area contributed by atoms with Gasteiger partial charge in [0.1, 0.15) is 5.75 Å². The summed E-state index contributed by atoms with van der Waals surface area (Å²) in [4.78, 5) is 24.5. The third kappa shape index (κ3) is 6.72. The number of nitrogens with one attached hydrogen (secondary N) is 1. The maximum atomic E-state index is 12.5. The summed E-state index contributed by atoms with van der Waals surface area (Å²) in [6, 6.07) is 7.49. The Morgan fingerprint density at radius 2 is 1.54 bits per heavy atom. The molecular formula is C28H37NO5S. The smallest absolute Gasteiger partial charge is 0.234 e. The van der Waals surface area contributed by atoms with Crippen molar-refractivity contribution >= 4 is 29.1 Å². The van der Waals surface area contributed by atoms with Gasteiger partial charge >= 0.3 is 0 Å². The second-order valence-corrected chi connectivity index (χ2v) is 12.2. The van der Waals surface area contributed by atoms with Gasteiger partial charge in [0, 0.05) is 11.6 Å². The van der Waals surface area contributed by atoms with Crippen LogP contribution < -0.4 is 14.8 Å². The van der Waals surface area contributed by atoms with Crippen LogP contribution in [0.4, 0.5) is 5.69 Å². The van der Waals surface area contributed by atoms with Crippen LogP contribution in [0, 0.1) is 0 Å². The Morgan fingerprint density at radius 3 is 2.09 bits per heavy atom. The maximum absolute atomic E-state index is 12.5. The Labute approximate surface area is 212 Å². The number of phenols is 1. The second kappa shape index (κ2) is 10.5. The number of amides is 1. The number of thioether (sulfide) groups is 1. The molecule has 0 aromatic heterocycles. The van der Waals surface area contributed by atoms with E-state index in [0.717, 1.165) is 29.7 Å². The molecule has 1 heterocycles. The zero-order chi connectivity index (χ0) is 26.0. The minimum absolute atomic E-state index is 0.107. The summed E-state index contributed by atoms with van der Waals surface area (Å²) in [5.74, 6) is 2.24.